The lowest BCUT2D eigenvalue weighted by atomic mass is 9.67. The largest absolute Gasteiger partial charge is 0.385 e. The summed E-state index contributed by atoms with van der Waals surface area (Å²) in [6.07, 6.45) is 4.84. The minimum atomic E-state index is -0.869. The highest BCUT2D eigenvalue weighted by molar-refractivity contribution is 7.84. The molecule has 2 rings (SSSR count). The third-order valence-electron chi connectivity index (χ3n) is 4.96. The molecule has 1 aliphatic carbocycles. The van der Waals surface area contributed by atoms with E-state index in [1.807, 2.05) is 30.3 Å². The van der Waals surface area contributed by atoms with Crippen LogP contribution in [-0.4, -0.2) is 49.3 Å². The number of methoxy groups -OCH3 is 1. The zero-order valence-corrected chi connectivity index (χ0v) is 16.9. The van der Waals surface area contributed by atoms with Crippen LogP contribution in [0.1, 0.15) is 38.2 Å². The monoisotopic (exact) mass is 379 g/mol. The summed E-state index contributed by atoms with van der Waals surface area (Å²) >= 11 is 0. The molecule has 2 N–H and O–H groups in total. The second-order valence-electron chi connectivity index (χ2n) is 6.99. The van der Waals surface area contributed by atoms with E-state index in [2.05, 4.69) is 17.6 Å². The average molecular weight is 380 g/mol. The minimum Gasteiger partial charge on any atom is -0.385 e. The molecule has 146 valence electrons. The van der Waals surface area contributed by atoms with Gasteiger partial charge in [0, 0.05) is 55.7 Å². The van der Waals surface area contributed by atoms with Crippen molar-refractivity contribution in [3.8, 4) is 0 Å². The second kappa shape index (κ2) is 11.3. The molecule has 5 nitrogen and oxygen atoms in total. The molecule has 0 amide bonds. The van der Waals surface area contributed by atoms with Crippen molar-refractivity contribution in [3.63, 3.8) is 0 Å². The lowest BCUT2D eigenvalue weighted by molar-refractivity contribution is 0.0778. The molecule has 0 saturated heterocycles. The quantitative estimate of drug-likeness (QED) is 0.458. The van der Waals surface area contributed by atoms with E-state index in [9.17, 15) is 4.21 Å². The molecule has 1 saturated carbocycles. The lowest BCUT2D eigenvalue weighted by Crippen LogP contribution is -2.41. The zero-order chi connectivity index (χ0) is 18.7. The minimum absolute atomic E-state index is 0.314. The van der Waals surface area contributed by atoms with Crippen molar-refractivity contribution in [2.24, 2.45) is 10.4 Å². The third kappa shape index (κ3) is 7.08. The van der Waals surface area contributed by atoms with Gasteiger partial charge in [0.25, 0.3) is 0 Å². The van der Waals surface area contributed by atoms with Crippen LogP contribution in [0.2, 0.25) is 0 Å². The van der Waals surface area contributed by atoms with E-state index < -0.39 is 10.8 Å². The molecule has 0 aliphatic heterocycles. The van der Waals surface area contributed by atoms with Crippen LogP contribution >= 0.6 is 0 Å². The van der Waals surface area contributed by atoms with Gasteiger partial charge in [-0.05, 0) is 37.2 Å². The molecular weight excluding hydrogens is 346 g/mol. The van der Waals surface area contributed by atoms with E-state index in [0.717, 1.165) is 37.6 Å². The lowest BCUT2D eigenvalue weighted by Gasteiger charge is -2.40. The molecule has 1 aromatic carbocycles. The van der Waals surface area contributed by atoms with Crippen LogP contribution in [-0.2, 0) is 21.3 Å². The number of ether oxygens (including phenoxy) is 1. The van der Waals surface area contributed by atoms with Crippen LogP contribution in [0.5, 0.6) is 0 Å². The third-order valence-corrected chi connectivity index (χ3v) is 6.27. The molecule has 1 atom stereocenters. The Labute approximate surface area is 160 Å². The van der Waals surface area contributed by atoms with Crippen molar-refractivity contribution in [3.05, 3.63) is 35.9 Å². The summed E-state index contributed by atoms with van der Waals surface area (Å²) < 4.78 is 17.5. The van der Waals surface area contributed by atoms with Gasteiger partial charge in [-0.1, -0.05) is 36.8 Å². The maximum absolute atomic E-state index is 12.2. The van der Waals surface area contributed by atoms with E-state index in [1.54, 1.807) is 7.11 Å². The van der Waals surface area contributed by atoms with Gasteiger partial charge in [0.05, 0.1) is 0 Å². The highest BCUT2D eigenvalue weighted by Gasteiger charge is 2.36. The normalized spacial score (nSPS) is 17.4. The molecule has 0 heterocycles. The van der Waals surface area contributed by atoms with E-state index in [1.165, 1.54) is 19.3 Å². The number of hydrogen-bond donors (Lipinski definition) is 2. The van der Waals surface area contributed by atoms with Gasteiger partial charge in [0.2, 0.25) is 0 Å². The standard InChI is InChI=1S/C20H33N3O2S/c1-3-21-19(23-17-20(10-7-11-20)12-14-25-2)22-13-15-26(24)16-18-8-5-4-6-9-18/h4-6,8-9H,3,7,10-17H2,1-2H3,(H2,21,22,23). The van der Waals surface area contributed by atoms with Gasteiger partial charge >= 0.3 is 0 Å². The summed E-state index contributed by atoms with van der Waals surface area (Å²) in [6, 6.07) is 10.00. The molecular formula is C20H33N3O2S. The maximum Gasteiger partial charge on any atom is 0.191 e. The number of rotatable bonds is 11. The summed E-state index contributed by atoms with van der Waals surface area (Å²) in [6.45, 7) is 5.19. The van der Waals surface area contributed by atoms with Crippen molar-refractivity contribution in [2.45, 2.75) is 38.4 Å². The first-order valence-corrected chi connectivity index (χ1v) is 11.1. The number of nitrogens with one attached hydrogen (secondary N) is 2. The summed E-state index contributed by atoms with van der Waals surface area (Å²) in [4.78, 5) is 4.78. The Hall–Kier alpha value is -1.40. The number of hydrogen-bond acceptors (Lipinski definition) is 3. The van der Waals surface area contributed by atoms with Crippen LogP contribution in [0.15, 0.2) is 35.3 Å². The number of benzene rings is 1. The van der Waals surface area contributed by atoms with Gasteiger partial charge in [0.15, 0.2) is 5.96 Å². The van der Waals surface area contributed by atoms with Crippen molar-refractivity contribution >= 4 is 16.8 Å². The molecule has 0 bridgehead atoms. The van der Waals surface area contributed by atoms with Crippen LogP contribution in [0.3, 0.4) is 0 Å². The second-order valence-corrected chi connectivity index (χ2v) is 8.57. The molecule has 1 aromatic rings. The molecule has 1 fully saturated rings. The van der Waals surface area contributed by atoms with Gasteiger partial charge < -0.3 is 15.4 Å². The topological polar surface area (TPSA) is 62.7 Å². The summed E-state index contributed by atoms with van der Waals surface area (Å²) in [5.41, 5.74) is 1.44. The fraction of sp³-hybridized carbons (Fsp3) is 0.650. The highest BCUT2D eigenvalue weighted by atomic mass is 32.2. The first-order chi connectivity index (χ1) is 12.7. The molecule has 1 aliphatic rings. The SMILES string of the molecule is CCNC(=NCC1(CCOC)CCC1)NCCS(=O)Cc1ccccc1. The van der Waals surface area contributed by atoms with Crippen LogP contribution < -0.4 is 10.6 Å². The Morgan fingerprint density at radius 1 is 1.27 bits per heavy atom. The Bertz CT molecular complexity index is 574. The van der Waals surface area contributed by atoms with Crippen LogP contribution in [0.25, 0.3) is 0 Å². The first-order valence-electron chi connectivity index (χ1n) is 9.57. The number of nitrogens with zero attached hydrogens (tertiary/aromatic N) is 1. The van der Waals surface area contributed by atoms with E-state index in [-0.39, 0.29) is 0 Å². The van der Waals surface area contributed by atoms with Gasteiger partial charge in [-0.2, -0.15) is 0 Å². The van der Waals surface area contributed by atoms with E-state index >= 15 is 0 Å². The summed E-state index contributed by atoms with van der Waals surface area (Å²) in [7, 11) is 0.892. The Morgan fingerprint density at radius 3 is 2.65 bits per heavy atom. The zero-order valence-electron chi connectivity index (χ0n) is 16.1. The highest BCUT2D eigenvalue weighted by Crippen LogP contribution is 2.44. The van der Waals surface area contributed by atoms with Gasteiger partial charge in [-0.3, -0.25) is 9.20 Å². The Kier molecular flexibility index (Phi) is 9.12. The fourth-order valence-corrected chi connectivity index (χ4v) is 4.22. The van der Waals surface area contributed by atoms with Crippen molar-refractivity contribution in [1.29, 1.82) is 0 Å². The summed E-state index contributed by atoms with van der Waals surface area (Å²) in [5.74, 6) is 2.05. The summed E-state index contributed by atoms with van der Waals surface area (Å²) in [5, 5.41) is 6.62. The smallest absolute Gasteiger partial charge is 0.191 e. The average Bonchev–Trinajstić information content (AvgIpc) is 2.61. The Morgan fingerprint density at radius 2 is 2.04 bits per heavy atom. The molecule has 0 radical (unpaired) electrons. The van der Waals surface area contributed by atoms with E-state index in [0.29, 0.717) is 23.5 Å². The van der Waals surface area contributed by atoms with E-state index in [4.69, 9.17) is 9.73 Å². The molecule has 0 spiro atoms. The Balaban J connectivity index is 1.77. The number of guanidine groups is 1. The van der Waals surface area contributed by atoms with Crippen molar-refractivity contribution in [1.82, 2.24) is 10.6 Å². The first kappa shape index (κ1) is 20.9. The predicted molar refractivity (Wildman–Crippen MR) is 110 cm³/mol. The maximum atomic E-state index is 12.2. The number of aliphatic imine (C=N–C) groups is 1. The molecule has 1 unspecified atom stereocenters. The predicted octanol–water partition coefficient (Wildman–Crippen LogP) is 2.70. The van der Waals surface area contributed by atoms with Gasteiger partial charge in [-0.15, -0.1) is 0 Å². The van der Waals surface area contributed by atoms with Crippen molar-refractivity contribution in [2.75, 3.05) is 39.1 Å². The fourth-order valence-electron chi connectivity index (χ4n) is 3.19. The van der Waals surface area contributed by atoms with Crippen LogP contribution in [0.4, 0.5) is 0 Å². The van der Waals surface area contributed by atoms with Crippen molar-refractivity contribution < 1.29 is 8.95 Å². The van der Waals surface area contributed by atoms with Gasteiger partial charge in [-0.25, -0.2) is 0 Å². The van der Waals surface area contributed by atoms with Crippen LogP contribution in [0, 0.1) is 5.41 Å². The molecule has 0 aromatic heterocycles. The molecule has 6 heteroatoms. The van der Waals surface area contributed by atoms with Gasteiger partial charge in [0.1, 0.15) is 0 Å². The molecule has 26 heavy (non-hydrogen) atoms.